The van der Waals surface area contributed by atoms with E-state index in [1.807, 2.05) is 30.3 Å². The lowest BCUT2D eigenvalue weighted by atomic mass is 10.00. The molecule has 28 heavy (non-hydrogen) atoms. The molecule has 142 valence electrons. The van der Waals surface area contributed by atoms with Crippen LogP contribution in [0.2, 0.25) is 0 Å². The van der Waals surface area contributed by atoms with Crippen LogP contribution in [0.25, 0.3) is 22.6 Å². The number of carbonyl (C=O) groups is 2. The second-order valence-electron chi connectivity index (χ2n) is 6.75. The summed E-state index contributed by atoms with van der Waals surface area (Å²) in [6, 6.07) is 11.9. The zero-order valence-corrected chi connectivity index (χ0v) is 16.4. The van der Waals surface area contributed by atoms with Crippen LogP contribution in [-0.4, -0.2) is 29.9 Å². The van der Waals surface area contributed by atoms with Crippen molar-refractivity contribution in [2.24, 2.45) is 0 Å². The summed E-state index contributed by atoms with van der Waals surface area (Å²) in [5, 5.41) is 8.57. The normalized spacial score (nSPS) is 14.2. The van der Waals surface area contributed by atoms with Crippen molar-refractivity contribution < 1.29 is 9.59 Å². The lowest BCUT2D eigenvalue weighted by Gasteiger charge is -2.13. The molecule has 1 aliphatic rings. The van der Waals surface area contributed by atoms with E-state index in [-0.39, 0.29) is 11.8 Å². The number of hydrogen-bond donors (Lipinski definition) is 2. The first-order valence-electron chi connectivity index (χ1n) is 9.32. The molecule has 5 nitrogen and oxygen atoms in total. The predicted molar refractivity (Wildman–Crippen MR) is 113 cm³/mol. The van der Waals surface area contributed by atoms with Crippen molar-refractivity contribution in [3.63, 3.8) is 0 Å². The number of rotatable bonds is 5. The van der Waals surface area contributed by atoms with Crippen LogP contribution in [0.3, 0.4) is 0 Å². The highest BCUT2D eigenvalue weighted by Crippen LogP contribution is 2.37. The van der Waals surface area contributed by atoms with Crippen LogP contribution in [0, 0.1) is 0 Å². The lowest BCUT2D eigenvalue weighted by Crippen LogP contribution is -2.34. The summed E-state index contributed by atoms with van der Waals surface area (Å²) >= 11 is 1.70. The molecular weight excluding hydrogens is 370 g/mol. The van der Waals surface area contributed by atoms with Crippen molar-refractivity contribution in [2.45, 2.75) is 19.8 Å². The van der Waals surface area contributed by atoms with E-state index in [1.165, 1.54) is 17.4 Å². The van der Waals surface area contributed by atoms with E-state index in [2.05, 4.69) is 28.2 Å². The van der Waals surface area contributed by atoms with Gasteiger partial charge in [0, 0.05) is 30.3 Å². The molecule has 0 unspecified atom stereocenters. The number of allylic oxidation sites excluding steroid dienone is 1. The minimum absolute atomic E-state index is 0.104. The lowest BCUT2D eigenvalue weighted by molar-refractivity contribution is -0.118. The molecule has 0 atom stereocenters. The number of benzene rings is 1. The standard InChI is InChI=1S/C22H21N3O2S/c1-14(26)23-10-11-24-22(27)20-17-6-2-3-7-19(17)25-21-15(8-9-18(20)21)13-16-5-4-12-28-16/h2-7,12-13H,8-11H2,1H3,(H,23,26)(H,24,27)/b15-13+. The molecule has 4 rings (SSSR count). The van der Waals surface area contributed by atoms with Crippen LogP contribution < -0.4 is 10.6 Å². The molecule has 0 saturated carbocycles. The zero-order valence-electron chi connectivity index (χ0n) is 15.6. The molecule has 1 aromatic carbocycles. The number of fused-ring (bicyclic) bond motifs is 2. The Bertz CT molecular complexity index is 1070. The largest absolute Gasteiger partial charge is 0.355 e. The van der Waals surface area contributed by atoms with Gasteiger partial charge >= 0.3 is 0 Å². The second-order valence-corrected chi connectivity index (χ2v) is 7.73. The van der Waals surface area contributed by atoms with Gasteiger partial charge in [0.1, 0.15) is 0 Å². The van der Waals surface area contributed by atoms with Crippen LogP contribution in [-0.2, 0) is 11.2 Å². The maximum atomic E-state index is 13.0. The van der Waals surface area contributed by atoms with E-state index >= 15 is 0 Å². The van der Waals surface area contributed by atoms with E-state index in [9.17, 15) is 9.59 Å². The number of carbonyl (C=O) groups excluding carboxylic acids is 2. The van der Waals surface area contributed by atoms with Crippen molar-refractivity contribution in [3.05, 3.63) is 63.5 Å². The molecule has 0 radical (unpaired) electrons. The number of para-hydroxylation sites is 1. The molecule has 2 heterocycles. The Hall–Kier alpha value is -2.99. The van der Waals surface area contributed by atoms with Gasteiger partial charge in [0.15, 0.2) is 0 Å². The number of nitrogens with one attached hydrogen (secondary N) is 2. The molecule has 0 fully saturated rings. The van der Waals surface area contributed by atoms with Gasteiger partial charge in [0.05, 0.1) is 16.8 Å². The first-order chi connectivity index (χ1) is 13.6. The molecule has 2 amide bonds. The minimum atomic E-state index is -0.113. The van der Waals surface area contributed by atoms with Gasteiger partial charge in [0.25, 0.3) is 5.91 Å². The third-order valence-electron chi connectivity index (χ3n) is 4.81. The molecule has 1 aliphatic carbocycles. The van der Waals surface area contributed by atoms with E-state index in [4.69, 9.17) is 4.98 Å². The molecule has 2 N–H and O–H groups in total. The number of nitrogens with zero attached hydrogens (tertiary/aromatic N) is 1. The average molecular weight is 391 g/mol. The van der Waals surface area contributed by atoms with Crippen molar-refractivity contribution in [2.75, 3.05) is 13.1 Å². The van der Waals surface area contributed by atoms with Crippen molar-refractivity contribution >= 4 is 45.7 Å². The summed E-state index contributed by atoms with van der Waals surface area (Å²) in [5.41, 5.74) is 4.65. The molecule has 0 saturated heterocycles. The van der Waals surface area contributed by atoms with Crippen LogP contribution in [0.15, 0.2) is 41.8 Å². The van der Waals surface area contributed by atoms with Crippen molar-refractivity contribution in [3.8, 4) is 0 Å². The Morgan fingerprint density at radius 1 is 1.11 bits per heavy atom. The maximum Gasteiger partial charge on any atom is 0.252 e. The highest BCUT2D eigenvalue weighted by Gasteiger charge is 2.26. The highest BCUT2D eigenvalue weighted by molar-refractivity contribution is 7.10. The third-order valence-corrected chi connectivity index (χ3v) is 5.63. The number of hydrogen-bond acceptors (Lipinski definition) is 4. The van der Waals surface area contributed by atoms with Gasteiger partial charge < -0.3 is 10.6 Å². The number of aromatic nitrogens is 1. The van der Waals surface area contributed by atoms with Gasteiger partial charge in [-0.05, 0) is 47.6 Å². The molecule has 0 spiro atoms. The average Bonchev–Trinajstić information content (AvgIpc) is 3.34. The third kappa shape index (κ3) is 3.68. The van der Waals surface area contributed by atoms with Gasteiger partial charge in [-0.2, -0.15) is 0 Å². The van der Waals surface area contributed by atoms with Gasteiger partial charge in [-0.1, -0.05) is 24.3 Å². The summed E-state index contributed by atoms with van der Waals surface area (Å²) < 4.78 is 0. The Balaban J connectivity index is 1.72. The van der Waals surface area contributed by atoms with Crippen LogP contribution >= 0.6 is 11.3 Å². The Morgan fingerprint density at radius 2 is 1.93 bits per heavy atom. The topological polar surface area (TPSA) is 71.1 Å². The van der Waals surface area contributed by atoms with Gasteiger partial charge in [-0.25, -0.2) is 4.98 Å². The number of amides is 2. The highest BCUT2D eigenvalue weighted by atomic mass is 32.1. The van der Waals surface area contributed by atoms with Crippen molar-refractivity contribution in [1.29, 1.82) is 0 Å². The summed E-state index contributed by atoms with van der Waals surface area (Å²) in [6.45, 7) is 2.27. The smallest absolute Gasteiger partial charge is 0.252 e. The summed E-state index contributed by atoms with van der Waals surface area (Å²) in [5.74, 6) is -0.217. The number of thiophene rings is 1. The fourth-order valence-corrected chi connectivity index (χ4v) is 4.27. The predicted octanol–water partition coefficient (Wildman–Crippen LogP) is 3.65. The quantitative estimate of drug-likeness (QED) is 0.652. The van der Waals surface area contributed by atoms with Gasteiger partial charge in [-0.3, -0.25) is 9.59 Å². The van der Waals surface area contributed by atoms with E-state index in [0.717, 1.165) is 35.0 Å². The van der Waals surface area contributed by atoms with E-state index in [0.29, 0.717) is 18.7 Å². The Morgan fingerprint density at radius 3 is 2.71 bits per heavy atom. The summed E-state index contributed by atoms with van der Waals surface area (Å²) in [4.78, 5) is 30.1. The molecule has 0 bridgehead atoms. The van der Waals surface area contributed by atoms with Crippen LogP contribution in [0.1, 0.15) is 39.8 Å². The minimum Gasteiger partial charge on any atom is -0.355 e. The first kappa shape index (κ1) is 18.4. The summed E-state index contributed by atoms with van der Waals surface area (Å²) in [6.07, 6.45) is 3.86. The van der Waals surface area contributed by atoms with Crippen LogP contribution in [0.5, 0.6) is 0 Å². The SMILES string of the molecule is CC(=O)NCCNC(=O)c1c2c(nc3ccccc13)/C(=C/c1cccs1)CC2. The monoisotopic (exact) mass is 391 g/mol. The van der Waals surface area contributed by atoms with E-state index < -0.39 is 0 Å². The van der Waals surface area contributed by atoms with Gasteiger partial charge in [-0.15, -0.1) is 11.3 Å². The maximum absolute atomic E-state index is 13.0. The molecular formula is C22H21N3O2S. The molecule has 2 aromatic heterocycles. The Labute approximate surface area is 167 Å². The van der Waals surface area contributed by atoms with Crippen molar-refractivity contribution in [1.82, 2.24) is 15.6 Å². The Kier molecular flexibility index (Phi) is 5.21. The second kappa shape index (κ2) is 7.94. The molecule has 0 aliphatic heterocycles. The molecule has 6 heteroatoms. The van der Waals surface area contributed by atoms with E-state index in [1.54, 1.807) is 11.3 Å². The number of pyridine rings is 1. The van der Waals surface area contributed by atoms with Gasteiger partial charge in [0.2, 0.25) is 5.91 Å². The first-order valence-corrected chi connectivity index (χ1v) is 10.2. The fraction of sp³-hybridized carbons (Fsp3) is 0.227. The zero-order chi connectivity index (χ0) is 19.5. The fourth-order valence-electron chi connectivity index (χ4n) is 3.59. The van der Waals surface area contributed by atoms with Crippen LogP contribution in [0.4, 0.5) is 0 Å². The molecule has 3 aromatic rings. The summed E-state index contributed by atoms with van der Waals surface area (Å²) in [7, 11) is 0.